The molecule has 4 aromatic carbocycles. The zero-order chi connectivity index (χ0) is 61.5. The van der Waals surface area contributed by atoms with Gasteiger partial charge in [-0.3, -0.25) is 0 Å². The van der Waals surface area contributed by atoms with Crippen LogP contribution in [-0.2, 0) is 0 Å². The lowest BCUT2D eigenvalue weighted by molar-refractivity contribution is 0.0927. The van der Waals surface area contributed by atoms with Gasteiger partial charge < -0.3 is 43.0 Å². The Morgan fingerprint density at radius 3 is 0.614 bits per heavy atom. The fourth-order valence-corrected chi connectivity index (χ4v) is 17.1. The maximum absolute atomic E-state index is 13.1. The third kappa shape index (κ3) is 17.6. The summed E-state index contributed by atoms with van der Waals surface area (Å²) in [5.41, 5.74) is 8.63. The maximum Gasteiger partial charge on any atom is 0.231 e. The van der Waals surface area contributed by atoms with Crippen molar-refractivity contribution in [1.29, 1.82) is 0 Å². The molecule has 4 unspecified atom stereocenters. The molecule has 12 heteroatoms. The van der Waals surface area contributed by atoms with Crippen LogP contribution in [0.3, 0.4) is 0 Å². The van der Waals surface area contributed by atoms with Crippen LogP contribution in [0.1, 0.15) is 353 Å². The molecule has 0 saturated carbocycles. The van der Waals surface area contributed by atoms with Crippen molar-refractivity contribution in [2.45, 2.75) is 308 Å². The highest BCUT2D eigenvalue weighted by Crippen LogP contribution is 2.61. The average molecular weight is 1410 g/mol. The second-order valence-electron chi connectivity index (χ2n) is 26.4. The fraction of sp³-hybridized carbons (Fsp3) is 0.684. The number of hydrogen-bond acceptors (Lipinski definition) is 9. The molecule has 0 fully saturated rings. The summed E-state index contributed by atoms with van der Waals surface area (Å²) in [6, 6.07) is 9.72. The van der Waals surface area contributed by atoms with Crippen LogP contribution in [0.4, 0.5) is 0 Å². The molecular formula is C76H109Br3O9. The Hall–Kier alpha value is -3.48. The van der Waals surface area contributed by atoms with Crippen LogP contribution >= 0.6 is 47.8 Å². The van der Waals surface area contributed by atoms with Crippen LogP contribution in [0.5, 0.6) is 51.7 Å². The van der Waals surface area contributed by atoms with E-state index in [1.807, 2.05) is 0 Å². The molecule has 9 nitrogen and oxygen atoms in total. The first-order chi connectivity index (χ1) is 43.3. The highest BCUT2D eigenvalue weighted by molar-refractivity contribution is 9.11. The van der Waals surface area contributed by atoms with Gasteiger partial charge in [-0.15, -0.1) is 0 Å². The van der Waals surface area contributed by atoms with Gasteiger partial charge in [-0.2, -0.15) is 0 Å². The highest BCUT2D eigenvalue weighted by Gasteiger charge is 2.41. The smallest absolute Gasteiger partial charge is 0.231 e. The van der Waals surface area contributed by atoms with Gasteiger partial charge in [-0.05, 0) is 97.7 Å². The molecule has 9 rings (SSSR count). The van der Waals surface area contributed by atoms with E-state index in [0.29, 0.717) is 11.5 Å². The van der Waals surface area contributed by atoms with E-state index in [1.165, 1.54) is 180 Å². The summed E-state index contributed by atoms with van der Waals surface area (Å²) in [5, 5.41) is 13.1. The molecule has 4 atom stereocenters. The molecule has 4 aliphatic heterocycles. The van der Waals surface area contributed by atoms with Gasteiger partial charge in [0.1, 0.15) is 47.9 Å². The highest BCUT2D eigenvalue weighted by atomic mass is 79.9. The summed E-state index contributed by atoms with van der Waals surface area (Å²) in [6.45, 7) is 8.92. The maximum atomic E-state index is 13.1. The second-order valence-corrected chi connectivity index (χ2v) is 28.8. The first kappa shape index (κ1) is 68.9. The van der Waals surface area contributed by atoms with Gasteiger partial charge >= 0.3 is 0 Å². The van der Waals surface area contributed by atoms with Crippen LogP contribution in [0.25, 0.3) is 0 Å². The lowest BCUT2D eigenvalue weighted by Crippen LogP contribution is -2.23. The van der Waals surface area contributed by atoms with E-state index in [2.05, 4.69) is 99.8 Å². The molecule has 0 saturated heterocycles. The first-order valence-electron chi connectivity index (χ1n) is 35.8. The van der Waals surface area contributed by atoms with Crippen molar-refractivity contribution in [2.24, 2.45) is 0 Å². The summed E-state index contributed by atoms with van der Waals surface area (Å²) >= 11 is 12.7. The zero-order valence-corrected chi connectivity index (χ0v) is 59.3. The summed E-state index contributed by atoms with van der Waals surface area (Å²) in [7, 11) is 0. The minimum absolute atomic E-state index is 0.0125. The number of benzene rings is 4. The van der Waals surface area contributed by atoms with Gasteiger partial charge in [0.15, 0.2) is 11.5 Å². The van der Waals surface area contributed by atoms with Gasteiger partial charge in [-0.25, -0.2) is 0 Å². The molecule has 5 aliphatic rings. The Morgan fingerprint density at radius 2 is 0.420 bits per heavy atom. The number of phenolic OH excluding ortho intramolecular Hbond substituents is 1. The first-order valence-corrected chi connectivity index (χ1v) is 38.2. The summed E-state index contributed by atoms with van der Waals surface area (Å²) in [6.07, 6.45) is 48.0. The molecule has 1 aliphatic carbocycles. The molecule has 488 valence electrons. The Bertz CT molecular complexity index is 2300. The van der Waals surface area contributed by atoms with Crippen LogP contribution in [-0.4, -0.2) is 32.3 Å². The molecule has 88 heavy (non-hydrogen) atoms. The van der Waals surface area contributed by atoms with E-state index in [-0.39, 0.29) is 56.6 Å². The number of ether oxygens (including phenoxy) is 8. The Labute approximate surface area is 556 Å². The third-order valence-electron chi connectivity index (χ3n) is 20.0. The van der Waals surface area contributed by atoms with Gasteiger partial charge in [0, 0.05) is 68.2 Å². The van der Waals surface area contributed by atoms with Crippen molar-refractivity contribution in [3.8, 4) is 51.7 Å². The quantitative estimate of drug-likeness (QED) is 0.0437. The van der Waals surface area contributed by atoms with E-state index >= 15 is 0 Å². The molecule has 4 aromatic rings. The largest absolute Gasteiger partial charge is 0.502 e. The number of phenols is 1. The van der Waals surface area contributed by atoms with E-state index in [0.717, 1.165) is 169 Å². The molecule has 0 amide bonds. The van der Waals surface area contributed by atoms with Crippen molar-refractivity contribution in [2.75, 3.05) is 27.2 Å². The molecule has 1 N–H and O–H groups in total. The Balaban J connectivity index is 1.23. The predicted octanol–water partition coefficient (Wildman–Crippen LogP) is 25.1. The van der Waals surface area contributed by atoms with E-state index < -0.39 is 0 Å². The predicted molar refractivity (Wildman–Crippen MR) is 370 cm³/mol. The molecule has 0 aromatic heterocycles. The number of halogens is 3. The van der Waals surface area contributed by atoms with Crippen LogP contribution in [0.15, 0.2) is 37.7 Å². The summed E-state index contributed by atoms with van der Waals surface area (Å²) < 4.78 is 57.3. The Kier molecular flexibility index (Phi) is 28.7. The third-order valence-corrected chi connectivity index (χ3v) is 22.1. The van der Waals surface area contributed by atoms with Crippen molar-refractivity contribution in [1.82, 2.24) is 0 Å². The number of aromatic hydroxyl groups is 1. The topological polar surface area (TPSA) is 94.1 Å². The van der Waals surface area contributed by atoms with Crippen LogP contribution in [0, 0.1) is 0 Å². The van der Waals surface area contributed by atoms with Crippen molar-refractivity contribution in [3.63, 3.8) is 0 Å². The average Bonchev–Trinajstić information content (AvgIpc) is 0.797. The van der Waals surface area contributed by atoms with Gasteiger partial charge in [-0.1, -0.05) is 259 Å². The number of unbranched alkanes of at least 4 members (excludes halogenated alkanes) is 32. The van der Waals surface area contributed by atoms with Crippen molar-refractivity contribution in [3.05, 3.63) is 82.2 Å². The number of rotatable bonds is 40. The molecule has 4 heterocycles. The van der Waals surface area contributed by atoms with Crippen LogP contribution in [0.2, 0.25) is 0 Å². The molecule has 8 bridgehead atoms. The molecular weight excluding hydrogens is 1300 g/mol. The van der Waals surface area contributed by atoms with Gasteiger partial charge in [0.25, 0.3) is 0 Å². The number of hydrogen-bond donors (Lipinski definition) is 1. The minimum atomic E-state index is -0.202. The molecule has 0 radical (unpaired) electrons. The normalized spacial score (nSPS) is 17.6. The Morgan fingerprint density at radius 1 is 0.261 bits per heavy atom. The van der Waals surface area contributed by atoms with E-state index in [4.69, 9.17) is 37.9 Å². The SMILES string of the molecule is CCCCCCCCCCCC1c2cc3c4c(O)c2OCOc2c1cc1c(c2Br)OCOc2c(cc5c(c2Br)OCOc2c(cc(c(c2Br)OCO4)C3CCCCCCCCCCC)C5CCCCCCCCCCC)C1CCCCCCCCCCC. The lowest BCUT2D eigenvalue weighted by atomic mass is 9.76. The standard InChI is InChI=1S/C76H109Br3O9/c1-5-9-13-17-21-25-29-33-37-41-53-57-45-58-54(42-38-34-30-26-22-18-14-10-6-2)60-47-62-56(44-40-36-32-28-24-20-16-12-8-4)64-48-63-55(43-39-35-31-27-23-19-15-11-7-3)61-46-59(53)71-66(78)73(61)85-51-87-75(63)68(80)76(64)88-52-86-74(62)67(79)72(60)84-50-82-70(58)65(77)69(57)81-49-83-71/h45-48,53-56,80H,5-44,49-52H2,1-4H3. The van der Waals surface area contributed by atoms with E-state index in [9.17, 15) is 5.11 Å². The van der Waals surface area contributed by atoms with Crippen molar-refractivity contribution < 1.29 is 43.0 Å². The second kappa shape index (κ2) is 36.7. The van der Waals surface area contributed by atoms with Crippen molar-refractivity contribution >= 4 is 47.8 Å². The zero-order valence-electron chi connectivity index (χ0n) is 54.6. The van der Waals surface area contributed by atoms with Crippen LogP contribution < -0.4 is 37.9 Å². The monoisotopic (exact) mass is 1400 g/mol. The van der Waals surface area contributed by atoms with Gasteiger partial charge in [0.2, 0.25) is 32.9 Å². The minimum Gasteiger partial charge on any atom is -0.502 e. The van der Waals surface area contributed by atoms with Gasteiger partial charge in [0.05, 0.1) is 0 Å². The fourth-order valence-electron chi connectivity index (χ4n) is 15.0. The van der Waals surface area contributed by atoms with E-state index in [1.54, 1.807) is 0 Å². The molecule has 0 spiro atoms. The summed E-state index contributed by atoms with van der Waals surface area (Å²) in [4.78, 5) is 0. The lowest BCUT2D eigenvalue weighted by Gasteiger charge is -2.36. The summed E-state index contributed by atoms with van der Waals surface area (Å²) in [5.74, 6) is 4.68.